The van der Waals surface area contributed by atoms with Crippen molar-refractivity contribution in [1.29, 1.82) is 0 Å². The van der Waals surface area contributed by atoms with Crippen molar-refractivity contribution in [2.45, 2.75) is 39.9 Å². The fourth-order valence-corrected chi connectivity index (χ4v) is 0. The van der Waals surface area contributed by atoms with Crippen molar-refractivity contribution in [3.8, 4) is 0 Å². The minimum absolute atomic E-state index is 0. The molecule has 2 nitrogen and oxygen atoms in total. The maximum atomic E-state index is 9.53. The van der Waals surface area contributed by atoms with Gasteiger partial charge in [0.1, 0.15) is 0 Å². The molecule has 0 aromatic rings. The van der Waals surface area contributed by atoms with Crippen LogP contribution in [0.2, 0.25) is 0 Å². The summed E-state index contributed by atoms with van der Waals surface area (Å²) in [7, 11) is 0. The summed E-state index contributed by atoms with van der Waals surface area (Å²) in [6.45, 7) is 6.44. The summed E-state index contributed by atoms with van der Waals surface area (Å²) in [4.78, 5) is 0. The Bertz CT molecular complexity index is 29.2. The van der Waals surface area contributed by atoms with Crippen LogP contribution in [0.5, 0.6) is 0 Å². The maximum absolute atomic E-state index is 9.53. The zero-order valence-electron chi connectivity index (χ0n) is 7.13. The molecule has 10 heavy (non-hydrogen) atoms. The van der Waals surface area contributed by atoms with E-state index < -0.39 is 12.2 Å². The van der Waals surface area contributed by atoms with Gasteiger partial charge in [0.05, 0.1) is 0 Å². The molecule has 0 heterocycles. The molecule has 0 saturated carbocycles. The van der Waals surface area contributed by atoms with Crippen LogP contribution in [0.25, 0.3) is 0 Å². The van der Waals surface area contributed by atoms with Crippen molar-refractivity contribution >= 4 is 34.7 Å². The van der Waals surface area contributed by atoms with Crippen LogP contribution in [0.1, 0.15) is 27.7 Å². The second-order valence-electron chi connectivity index (χ2n) is 2.10. The molecule has 4 heteroatoms. The zero-order valence-corrected chi connectivity index (χ0v) is 9.44. The third-order valence-electron chi connectivity index (χ3n) is 0. The molecule has 0 N–H and O–H groups in total. The molecule has 52 valence electrons. The first-order valence-electron chi connectivity index (χ1n) is 2.78. The van der Waals surface area contributed by atoms with Crippen LogP contribution >= 0.6 is 0 Å². The van der Waals surface area contributed by atoms with Gasteiger partial charge in [-0.2, -0.15) is 0 Å². The molecule has 0 bridgehead atoms. The number of hydrogen-bond acceptors (Lipinski definition) is 2. The van der Waals surface area contributed by atoms with Gasteiger partial charge < -0.3 is 10.2 Å². The number of hydrogen-bond donors (Lipinski definition) is 0. The molecule has 0 aliphatic heterocycles. The van der Waals surface area contributed by atoms with Gasteiger partial charge in [0.15, 0.2) is 0 Å². The Morgan fingerprint density at radius 1 is 0.700 bits per heavy atom. The molecule has 0 unspecified atom stereocenters. The van der Waals surface area contributed by atoms with Crippen LogP contribution in [-0.4, -0.2) is 46.9 Å². The van der Waals surface area contributed by atoms with Gasteiger partial charge in [-0.15, -0.1) is 12.2 Å². The number of rotatable bonds is 0. The van der Waals surface area contributed by atoms with Crippen molar-refractivity contribution < 1.29 is 10.2 Å². The summed E-state index contributed by atoms with van der Waals surface area (Å²) in [6.07, 6.45) is -0.833. The molecule has 0 radical (unpaired) electrons. The Morgan fingerprint density at radius 2 is 0.700 bits per heavy atom. The average Bonchev–Trinajstić information content (AvgIpc) is 1.25. The van der Waals surface area contributed by atoms with E-state index in [0.717, 1.165) is 0 Å². The molecule has 0 aromatic heterocycles. The van der Waals surface area contributed by atoms with E-state index in [1.54, 1.807) is 27.7 Å². The van der Waals surface area contributed by atoms with Crippen molar-refractivity contribution in [3.63, 3.8) is 0 Å². The van der Waals surface area contributed by atoms with E-state index >= 15 is 0 Å². The summed E-state index contributed by atoms with van der Waals surface area (Å²) in [5, 5.41) is 19.1. The molecule has 0 amide bonds. The maximum Gasteiger partial charge on any atom is 3.00 e. The normalized spacial score (nSPS) is 7.20. The Balaban J connectivity index is -0.0000000300. The van der Waals surface area contributed by atoms with Crippen LogP contribution < -0.4 is 10.2 Å². The first kappa shape index (κ1) is 22.4. The minimum atomic E-state index is -0.417. The third kappa shape index (κ3) is 591. The molecule has 0 fully saturated rings. The molecule has 0 saturated heterocycles. The van der Waals surface area contributed by atoms with E-state index in [4.69, 9.17) is 0 Å². The van der Waals surface area contributed by atoms with E-state index in [9.17, 15) is 10.2 Å². The minimum Gasteiger partial charge on any atom is -0.852 e. The third-order valence-corrected chi connectivity index (χ3v) is 0. The fraction of sp³-hybridized carbons (Fsp3) is 1.00. The largest absolute Gasteiger partial charge is 3.00 e. The molecule has 0 aliphatic rings. The summed E-state index contributed by atoms with van der Waals surface area (Å²) < 4.78 is 0. The summed E-state index contributed by atoms with van der Waals surface area (Å²) in [5.41, 5.74) is 0. The molecule has 0 atom stereocenters. The van der Waals surface area contributed by atoms with Gasteiger partial charge in [-0.3, -0.25) is 0 Å². The molecule has 0 aliphatic carbocycles. The summed E-state index contributed by atoms with van der Waals surface area (Å²) >= 11 is 0. The Kier molecular flexibility index (Phi) is 37.1. The zero-order chi connectivity index (χ0) is 7.15. The molecular formula is C6H14Al2O2+4. The smallest absolute Gasteiger partial charge is 0.852 e. The summed E-state index contributed by atoms with van der Waals surface area (Å²) in [5.74, 6) is 0. The standard InChI is InChI=1S/2C3H7O.2Al/c2*1-3(2)4;;/h2*3H,1-2H3;;/q2*-1;2*+3. The van der Waals surface area contributed by atoms with Gasteiger partial charge in [-0.05, 0) is 0 Å². The molecule has 0 rings (SSSR count). The van der Waals surface area contributed by atoms with Crippen molar-refractivity contribution in [2.24, 2.45) is 0 Å². The van der Waals surface area contributed by atoms with Crippen molar-refractivity contribution in [1.82, 2.24) is 0 Å². The predicted molar refractivity (Wildman–Crippen MR) is 41.8 cm³/mol. The van der Waals surface area contributed by atoms with E-state index in [0.29, 0.717) is 0 Å². The topological polar surface area (TPSA) is 46.1 Å². The van der Waals surface area contributed by atoms with Gasteiger partial charge >= 0.3 is 34.7 Å². The SMILES string of the molecule is CC(C)[O-].CC(C)[O-].[Al+3].[Al+3]. The second-order valence-corrected chi connectivity index (χ2v) is 2.10. The van der Waals surface area contributed by atoms with E-state index in [2.05, 4.69) is 0 Å². The molecular weight excluding hydrogens is 158 g/mol. The van der Waals surface area contributed by atoms with Gasteiger partial charge in [0.25, 0.3) is 0 Å². The first-order valence-corrected chi connectivity index (χ1v) is 2.78. The van der Waals surface area contributed by atoms with Crippen LogP contribution in [0.3, 0.4) is 0 Å². The van der Waals surface area contributed by atoms with Crippen molar-refractivity contribution in [2.75, 3.05) is 0 Å². The molecule has 0 aromatic carbocycles. The van der Waals surface area contributed by atoms with Gasteiger partial charge in [0, 0.05) is 0 Å². The van der Waals surface area contributed by atoms with Gasteiger partial charge in [-0.25, -0.2) is 0 Å². The Hall–Kier alpha value is 0.985. The van der Waals surface area contributed by atoms with Crippen LogP contribution in [0.4, 0.5) is 0 Å². The van der Waals surface area contributed by atoms with Crippen LogP contribution in [-0.2, 0) is 0 Å². The fourth-order valence-electron chi connectivity index (χ4n) is 0. The Morgan fingerprint density at radius 3 is 0.700 bits per heavy atom. The van der Waals surface area contributed by atoms with Crippen molar-refractivity contribution in [3.05, 3.63) is 0 Å². The quantitative estimate of drug-likeness (QED) is 0.428. The predicted octanol–water partition coefficient (Wildman–Crippen LogP) is -1.25. The monoisotopic (exact) mass is 172 g/mol. The average molecular weight is 172 g/mol. The molecule has 0 spiro atoms. The second kappa shape index (κ2) is 16.5. The van der Waals surface area contributed by atoms with E-state index in [1.807, 2.05) is 0 Å². The van der Waals surface area contributed by atoms with Gasteiger partial charge in [-0.1, -0.05) is 27.7 Å². The van der Waals surface area contributed by atoms with E-state index in [-0.39, 0.29) is 34.7 Å². The van der Waals surface area contributed by atoms with Crippen LogP contribution in [0.15, 0.2) is 0 Å². The van der Waals surface area contributed by atoms with Gasteiger partial charge in [0.2, 0.25) is 0 Å². The summed E-state index contributed by atoms with van der Waals surface area (Å²) in [6, 6.07) is 0. The Labute approximate surface area is 84.9 Å². The van der Waals surface area contributed by atoms with Crippen LogP contribution in [0, 0.1) is 0 Å². The first-order chi connectivity index (χ1) is 3.46. The van der Waals surface area contributed by atoms with E-state index in [1.165, 1.54) is 0 Å².